The zero-order valence-corrected chi connectivity index (χ0v) is 12.5. The minimum atomic E-state index is -0.939. The minimum Gasteiger partial charge on any atom is -0.387 e. The van der Waals surface area contributed by atoms with Crippen LogP contribution in [0.4, 0.5) is 5.82 Å². The van der Waals surface area contributed by atoms with E-state index in [4.69, 9.17) is 24.7 Å². The van der Waals surface area contributed by atoms with Gasteiger partial charge in [-0.2, -0.15) is 4.98 Å². The van der Waals surface area contributed by atoms with Gasteiger partial charge in [-0.1, -0.05) is 0 Å². The fourth-order valence-electron chi connectivity index (χ4n) is 2.31. The molecule has 0 amide bonds. The van der Waals surface area contributed by atoms with Gasteiger partial charge in [0, 0.05) is 20.4 Å². The Kier molecular flexibility index (Phi) is 5.86. The summed E-state index contributed by atoms with van der Waals surface area (Å²) in [6.45, 7) is 0.799. The van der Waals surface area contributed by atoms with Gasteiger partial charge in [-0.25, -0.2) is 4.79 Å². The van der Waals surface area contributed by atoms with E-state index < -0.39 is 30.2 Å². The maximum Gasteiger partial charge on any atom is 0.351 e. The van der Waals surface area contributed by atoms with Gasteiger partial charge >= 0.3 is 5.69 Å². The second-order valence-corrected chi connectivity index (χ2v) is 4.88. The summed E-state index contributed by atoms with van der Waals surface area (Å²) in [6, 6.07) is 1.48. The van der Waals surface area contributed by atoms with Crippen molar-refractivity contribution in [1.82, 2.24) is 9.55 Å². The normalized spacial score (nSPS) is 28.1. The number of hydrogen-bond acceptors (Lipinski definition) is 8. The Hall–Kier alpha value is -1.52. The van der Waals surface area contributed by atoms with Crippen LogP contribution in [0.5, 0.6) is 0 Å². The molecule has 1 fully saturated rings. The number of aliphatic hydroxyl groups excluding tert-OH is 1. The van der Waals surface area contributed by atoms with Crippen LogP contribution in [0.25, 0.3) is 0 Å². The van der Waals surface area contributed by atoms with Crippen LogP contribution in [0.3, 0.4) is 0 Å². The number of aromatic nitrogens is 2. The molecular weight excluding hydrogens is 294 g/mol. The largest absolute Gasteiger partial charge is 0.387 e. The van der Waals surface area contributed by atoms with Crippen molar-refractivity contribution >= 4 is 5.82 Å². The van der Waals surface area contributed by atoms with Crippen molar-refractivity contribution in [3.63, 3.8) is 0 Å². The summed E-state index contributed by atoms with van der Waals surface area (Å²) < 4.78 is 22.5. The highest BCUT2D eigenvalue weighted by molar-refractivity contribution is 5.23. The maximum absolute atomic E-state index is 12.0. The second kappa shape index (κ2) is 7.65. The van der Waals surface area contributed by atoms with Crippen molar-refractivity contribution in [2.45, 2.75) is 24.5 Å². The molecule has 0 saturated carbocycles. The molecule has 2 heterocycles. The Bertz CT molecular complexity index is 537. The Morgan fingerprint density at radius 3 is 2.82 bits per heavy atom. The third-order valence-electron chi connectivity index (χ3n) is 3.37. The predicted octanol–water partition coefficient (Wildman–Crippen LogP) is -1.24. The van der Waals surface area contributed by atoms with Crippen LogP contribution in [0, 0.1) is 0 Å². The molecule has 9 heteroatoms. The number of nitrogens with two attached hydrogens (primary N) is 1. The molecule has 0 spiro atoms. The molecule has 0 unspecified atom stereocenters. The summed E-state index contributed by atoms with van der Waals surface area (Å²) >= 11 is 0. The lowest BCUT2D eigenvalue weighted by atomic mass is 10.1. The lowest BCUT2D eigenvalue weighted by Gasteiger charge is -2.22. The monoisotopic (exact) mass is 315 g/mol. The highest BCUT2D eigenvalue weighted by Crippen LogP contribution is 2.31. The van der Waals surface area contributed by atoms with Crippen LogP contribution in [0.2, 0.25) is 0 Å². The first kappa shape index (κ1) is 16.8. The van der Waals surface area contributed by atoms with Crippen molar-refractivity contribution in [2.24, 2.45) is 0 Å². The van der Waals surface area contributed by atoms with Gasteiger partial charge in [-0.3, -0.25) is 4.57 Å². The summed E-state index contributed by atoms with van der Waals surface area (Å²) in [4.78, 5) is 15.6. The van der Waals surface area contributed by atoms with Crippen LogP contribution < -0.4 is 11.4 Å². The maximum atomic E-state index is 12.0. The smallest absolute Gasteiger partial charge is 0.351 e. The summed E-state index contributed by atoms with van der Waals surface area (Å²) in [5.74, 6) is 0.116. The van der Waals surface area contributed by atoms with Crippen molar-refractivity contribution in [1.29, 1.82) is 0 Å². The molecule has 2 rings (SSSR count). The number of nitrogen functional groups attached to an aromatic ring is 1. The van der Waals surface area contributed by atoms with E-state index in [-0.39, 0.29) is 19.0 Å². The van der Waals surface area contributed by atoms with E-state index in [1.807, 2.05) is 0 Å². The third kappa shape index (κ3) is 3.62. The first-order chi connectivity index (χ1) is 10.6. The number of aliphatic hydroxyl groups is 1. The lowest BCUT2D eigenvalue weighted by molar-refractivity contribution is -0.0831. The molecule has 1 saturated heterocycles. The molecule has 22 heavy (non-hydrogen) atoms. The zero-order chi connectivity index (χ0) is 16.1. The topological polar surface area (TPSA) is 118 Å². The Morgan fingerprint density at radius 2 is 2.18 bits per heavy atom. The van der Waals surface area contributed by atoms with Crippen molar-refractivity contribution in [3.05, 3.63) is 22.7 Å². The fourth-order valence-corrected chi connectivity index (χ4v) is 2.31. The molecule has 1 aromatic rings. The zero-order valence-electron chi connectivity index (χ0n) is 12.5. The van der Waals surface area contributed by atoms with Crippen molar-refractivity contribution in [3.8, 4) is 0 Å². The van der Waals surface area contributed by atoms with Crippen LogP contribution in [-0.2, 0) is 18.9 Å². The average Bonchev–Trinajstić information content (AvgIpc) is 2.77. The van der Waals surface area contributed by atoms with Crippen molar-refractivity contribution < 1.29 is 24.1 Å². The van der Waals surface area contributed by atoms with Crippen LogP contribution in [-0.4, -0.2) is 67.0 Å². The second-order valence-electron chi connectivity index (χ2n) is 4.88. The van der Waals surface area contributed by atoms with E-state index in [1.165, 1.54) is 23.9 Å². The fraction of sp³-hybridized carbons (Fsp3) is 0.692. The molecule has 9 nitrogen and oxygen atoms in total. The standard InChI is InChI=1S/C13H21N3O6/c1-19-5-6-21-11-10(17)8(7-20-2)22-12(11)16-4-3-9(14)15-13(16)18/h3-4,8,10-12,17H,5-7H2,1-2H3,(H2,14,15,18)/t8-,10-,11-,12-/m1/s1. The number of anilines is 1. The molecule has 124 valence electrons. The molecular formula is C13H21N3O6. The Balaban J connectivity index is 2.22. The lowest BCUT2D eigenvalue weighted by Crippen LogP contribution is -2.38. The molecule has 1 aliphatic rings. The van der Waals surface area contributed by atoms with E-state index in [2.05, 4.69) is 4.98 Å². The van der Waals surface area contributed by atoms with Crippen LogP contribution in [0.1, 0.15) is 6.23 Å². The van der Waals surface area contributed by atoms with Gasteiger partial charge in [-0.15, -0.1) is 0 Å². The molecule has 3 N–H and O–H groups in total. The number of ether oxygens (including phenoxy) is 4. The van der Waals surface area contributed by atoms with Gasteiger partial charge in [-0.05, 0) is 6.07 Å². The highest BCUT2D eigenvalue weighted by Gasteiger charge is 2.45. The Labute approximate surface area is 127 Å². The molecule has 1 aromatic heterocycles. The quantitative estimate of drug-likeness (QED) is 0.600. The molecule has 0 aliphatic carbocycles. The van der Waals surface area contributed by atoms with Crippen LogP contribution in [0.15, 0.2) is 17.1 Å². The molecule has 4 atom stereocenters. The van der Waals surface area contributed by atoms with Gasteiger partial charge in [0.25, 0.3) is 0 Å². The van der Waals surface area contributed by atoms with E-state index in [0.717, 1.165) is 0 Å². The Morgan fingerprint density at radius 1 is 1.41 bits per heavy atom. The summed E-state index contributed by atoms with van der Waals surface area (Å²) in [5, 5.41) is 10.3. The number of rotatable bonds is 7. The van der Waals surface area contributed by atoms with E-state index in [0.29, 0.717) is 6.61 Å². The summed E-state index contributed by atoms with van der Waals surface area (Å²) in [6.07, 6.45) is -1.63. The van der Waals surface area contributed by atoms with Gasteiger partial charge in [0.2, 0.25) is 0 Å². The third-order valence-corrected chi connectivity index (χ3v) is 3.37. The van der Waals surface area contributed by atoms with Gasteiger partial charge in [0.1, 0.15) is 24.1 Å². The van der Waals surface area contributed by atoms with Gasteiger partial charge < -0.3 is 29.8 Å². The first-order valence-electron chi connectivity index (χ1n) is 6.86. The summed E-state index contributed by atoms with van der Waals surface area (Å²) in [7, 11) is 3.05. The molecule has 0 radical (unpaired) electrons. The van der Waals surface area contributed by atoms with Crippen molar-refractivity contribution in [2.75, 3.05) is 39.8 Å². The molecule has 1 aliphatic heterocycles. The number of methoxy groups -OCH3 is 2. The number of nitrogens with zero attached hydrogens (tertiary/aromatic N) is 2. The van der Waals surface area contributed by atoms with Gasteiger partial charge in [0.05, 0.1) is 19.8 Å². The minimum absolute atomic E-state index is 0.116. The molecule has 0 bridgehead atoms. The first-order valence-corrected chi connectivity index (χ1v) is 6.86. The van der Waals surface area contributed by atoms with E-state index in [1.54, 1.807) is 7.11 Å². The van der Waals surface area contributed by atoms with E-state index >= 15 is 0 Å². The highest BCUT2D eigenvalue weighted by atomic mass is 16.6. The SMILES string of the molecule is COCCO[C@@H]1[C@H](O)[C@@H](COC)O[C@H]1n1ccc(N)nc1=O. The van der Waals surface area contributed by atoms with E-state index in [9.17, 15) is 9.90 Å². The summed E-state index contributed by atoms with van der Waals surface area (Å²) in [5.41, 5.74) is 4.91. The predicted molar refractivity (Wildman–Crippen MR) is 76.3 cm³/mol. The average molecular weight is 315 g/mol. The number of hydrogen-bond donors (Lipinski definition) is 2. The van der Waals surface area contributed by atoms with Crippen LogP contribution >= 0.6 is 0 Å². The molecule has 0 aromatic carbocycles. The van der Waals surface area contributed by atoms with Gasteiger partial charge in [0.15, 0.2) is 6.23 Å².